The second kappa shape index (κ2) is 7.29. The molecule has 3 aromatic rings. The third-order valence-electron chi connectivity index (χ3n) is 5.21. The van der Waals surface area contributed by atoms with E-state index in [1.54, 1.807) is 10.7 Å². The minimum atomic E-state index is 0.0208. The molecule has 0 N–H and O–H groups in total. The van der Waals surface area contributed by atoms with Crippen LogP contribution in [0.5, 0.6) is 0 Å². The summed E-state index contributed by atoms with van der Waals surface area (Å²) in [6, 6.07) is 9.48. The standard InChI is InChI=1S/C20H22ClN5O/c1-3-24-8-10-25(11-9-24)20(27)16-13-22-19-12-18(23-26(19)14(16)2)15-6-4-5-7-17(15)21/h4-7,12-13H,3,8-11H2,1-2H3. The molecule has 0 saturated carbocycles. The van der Waals surface area contributed by atoms with Crippen LogP contribution in [0.1, 0.15) is 23.0 Å². The van der Waals surface area contributed by atoms with Gasteiger partial charge in [0.15, 0.2) is 5.65 Å². The maximum absolute atomic E-state index is 13.0. The zero-order valence-corrected chi connectivity index (χ0v) is 16.3. The number of piperazine rings is 1. The van der Waals surface area contributed by atoms with Gasteiger partial charge in [-0.15, -0.1) is 0 Å². The zero-order chi connectivity index (χ0) is 19.0. The Bertz CT molecular complexity index is 991. The van der Waals surface area contributed by atoms with Gasteiger partial charge in [0.25, 0.3) is 5.91 Å². The smallest absolute Gasteiger partial charge is 0.257 e. The minimum absolute atomic E-state index is 0.0208. The first-order chi connectivity index (χ1) is 13.1. The Kier molecular flexibility index (Phi) is 4.85. The molecule has 4 rings (SSSR count). The summed E-state index contributed by atoms with van der Waals surface area (Å²) in [6.07, 6.45) is 1.66. The quantitative estimate of drug-likeness (QED) is 0.697. The molecule has 2 aromatic heterocycles. The number of carbonyl (C=O) groups excluding carboxylic acids is 1. The molecule has 1 fully saturated rings. The number of nitrogens with zero attached hydrogens (tertiary/aromatic N) is 5. The monoisotopic (exact) mass is 383 g/mol. The maximum atomic E-state index is 13.0. The lowest BCUT2D eigenvalue weighted by molar-refractivity contribution is 0.0641. The number of amides is 1. The van der Waals surface area contributed by atoms with Gasteiger partial charge in [0.2, 0.25) is 0 Å². The van der Waals surface area contributed by atoms with Crippen molar-refractivity contribution < 1.29 is 4.79 Å². The fraction of sp³-hybridized carbons (Fsp3) is 0.350. The molecule has 1 aliphatic heterocycles. The van der Waals surface area contributed by atoms with E-state index in [2.05, 4.69) is 21.9 Å². The number of fused-ring (bicyclic) bond motifs is 1. The fourth-order valence-electron chi connectivity index (χ4n) is 3.50. The Morgan fingerprint density at radius 3 is 2.63 bits per heavy atom. The Hall–Kier alpha value is -2.44. The van der Waals surface area contributed by atoms with Crippen molar-refractivity contribution in [1.82, 2.24) is 24.4 Å². The lowest BCUT2D eigenvalue weighted by Gasteiger charge is -2.34. The largest absolute Gasteiger partial charge is 0.336 e. The van der Waals surface area contributed by atoms with E-state index in [9.17, 15) is 4.79 Å². The van der Waals surface area contributed by atoms with Crippen molar-refractivity contribution in [2.24, 2.45) is 0 Å². The summed E-state index contributed by atoms with van der Waals surface area (Å²) >= 11 is 6.30. The number of halogens is 1. The second-order valence-corrected chi connectivity index (χ2v) is 7.17. The molecule has 0 aliphatic carbocycles. The molecule has 3 heterocycles. The summed E-state index contributed by atoms with van der Waals surface area (Å²) in [7, 11) is 0. The lowest BCUT2D eigenvalue weighted by Crippen LogP contribution is -2.48. The van der Waals surface area contributed by atoms with Gasteiger partial charge in [-0.2, -0.15) is 5.10 Å². The highest BCUT2D eigenvalue weighted by Gasteiger charge is 2.24. The molecular weight excluding hydrogens is 362 g/mol. The Balaban J connectivity index is 1.66. The number of aryl methyl sites for hydroxylation is 1. The van der Waals surface area contributed by atoms with Crippen LogP contribution in [0.2, 0.25) is 5.02 Å². The van der Waals surface area contributed by atoms with E-state index in [-0.39, 0.29) is 5.91 Å². The molecule has 1 aliphatic rings. The van der Waals surface area contributed by atoms with Gasteiger partial charge in [-0.1, -0.05) is 36.7 Å². The van der Waals surface area contributed by atoms with Gasteiger partial charge in [-0.05, 0) is 19.5 Å². The molecule has 7 heteroatoms. The summed E-state index contributed by atoms with van der Waals surface area (Å²) in [4.78, 5) is 21.7. The van der Waals surface area contributed by atoms with Crippen LogP contribution in [0, 0.1) is 6.92 Å². The van der Waals surface area contributed by atoms with Crippen LogP contribution in [0.25, 0.3) is 16.9 Å². The summed E-state index contributed by atoms with van der Waals surface area (Å²) < 4.78 is 1.73. The number of benzene rings is 1. The van der Waals surface area contributed by atoms with Crippen molar-refractivity contribution >= 4 is 23.2 Å². The van der Waals surface area contributed by atoms with Gasteiger partial charge in [0.05, 0.1) is 22.0 Å². The van der Waals surface area contributed by atoms with Crippen molar-refractivity contribution in [1.29, 1.82) is 0 Å². The summed E-state index contributed by atoms with van der Waals surface area (Å²) in [5.41, 5.74) is 3.70. The second-order valence-electron chi connectivity index (χ2n) is 6.76. The third kappa shape index (κ3) is 3.31. The average molecular weight is 384 g/mol. The zero-order valence-electron chi connectivity index (χ0n) is 15.5. The van der Waals surface area contributed by atoms with Crippen molar-refractivity contribution in [2.45, 2.75) is 13.8 Å². The van der Waals surface area contributed by atoms with Crippen molar-refractivity contribution in [3.63, 3.8) is 0 Å². The van der Waals surface area contributed by atoms with E-state index in [1.807, 2.05) is 42.2 Å². The van der Waals surface area contributed by atoms with Crippen LogP contribution in [0.15, 0.2) is 36.5 Å². The van der Waals surface area contributed by atoms with Gasteiger partial charge in [0, 0.05) is 44.0 Å². The predicted octanol–water partition coefficient (Wildman–Crippen LogP) is 3.14. The van der Waals surface area contributed by atoms with E-state index >= 15 is 0 Å². The van der Waals surface area contributed by atoms with E-state index in [0.717, 1.165) is 49.7 Å². The van der Waals surface area contributed by atoms with E-state index in [1.165, 1.54) is 0 Å². The maximum Gasteiger partial charge on any atom is 0.257 e. The van der Waals surface area contributed by atoms with Crippen LogP contribution in [-0.4, -0.2) is 63.0 Å². The van der Waals surface area contributed by atoms with Crippen molar-refractivity contribution in [3.05, 3.63) is 52.8 Å². The van der Waals surface area contributed by atoms with Crippen LogP contribution in [-0.2, 0) is 0 Å². The van der Waals surface area contributed by atoms with Gasteiger partial charge in [-0.3, -0.25) is 4.79 Å². The fourth-order valence-corrected chi connectivity index (χ4v) is 3.73. The van der Waals surface area contributed by atoms with Gasteiger partial charge < -0.3 is 9.80 Å². The number of carbonyl (C=O) groups is 1. The van der Waals surface area contributed by atoms with Crippen LogP contribution < -0.4 is 0 Å². The molecule has 6 nitrogen and oxygen atoms in total. The molecule has 0 spiro atoms. The number of aromatic nitrogens is 3. The summed E-state index contributed by atoms with van der Waals surface area (Å²) in [5.74, 6) is 0.0208. The molecule has 1 saturated heterocycles. The number of rotatable bonds is 3. The first-order valence-corrected chi connectivity index (χ1v) is 9.58. The molecule has 27 heavy (non-hydrogen) atoms. The van der Waals surface area contributed by atoms with Gasteiger partial charge >= 0.3 is 0 Å². The molecule has 1 aromatic carbocycles. The van der Waals surface area contributed by atoms with E-state index < -0.39 is 0 Å². The van der Waals surface area contributed by atoms with Gasteiger partial charge in [0.1, 0.15) is 0 Å². The highest BCUT2D eigenvalue weighted by atomic mass is 35.5. The third-order valence-corrected chi connectivity index (χ3v) is 5.54. The normalized spacial score (nSPS) is 15.4. The predicted molar refractivity (Wildman–Crippen MR) is 106 cm³/mol. The molecule has 140 valence electrons. The lowest BCUT2D eigenvalue weighted by atomic mass is 10.1. The highest BCUT2D eigenvalue weighted by molar-refractivity contribution is 6.33. The van der Waals surface area contributed by atoms with E-state index in [4.69, 9.17) is 11.6 Å². The highest BCUT2D eigenvalue weighted by Crippen LogP contribution is 2.27. The van der Waals surface area contributed by atoms with Crippen molar-refractivity contribution in [3.8, 4) is 11.3 Å². The molecular formula is C20H22ClN5O. The van der Waals surface area contributed by atoms with Crippen LogP contribution in [0.3, 0.4) is 0 Å². The Morgan fingerprint density at radius 2 is 1.93 bits per heavy atom. The molecule has 0 radical (unpaired) electrons. The van der Waals surface area contributed by atoms with Crippen LogP contribution >= 0.6 is 11.6 Å². The first-order valence-electron chi connectivity index (χ1n) is 9.20. The average Bonchev–Trinajstić information content (AvgIpc) is 3.13. The van der Waals surface area contributed by atoms with Crippen LogP contribution in [0.4, 0.5) is 0 Å². The first kappa shape index (κ1) is 17.9. The minimum Gasteiger partial charge on any atom is -0.336 e. The number of hydrogen-bond acceptors (Lipinski definition) is 4. The summed E-state index contributed by atoms with van der Waals surface area (Å²) in [5, 5.41) is 5.29. The summed E-state index contributed by atoms with van der Waals surface area (Å²) in [6.45, 7) is 8.39. The molecule has 1 amide bonds. The molecule has 0 bridgehead atoms. The molecule has 0 unspecified atom stereocenters. The SMILES string of the molecule is CCN1CCN(C(=O)c2cnc3cc(-c4ccccc4Cl)nn3c2C)CC1. The van der Waals surface area contributed by atoms with Crippen molar-refractivity contribution in [2.75, 3.05) is 32.7 Å². The van der Waals surface area contributed by atoms with E-state index in [0.29, 0.717) is 16.2 Å². The topological polar surface area (TPSA) is 53.7 Å². The Morgan fingerprint density at radius 1 is 1.19 bits per heavy atom. The number of hydrogen-bond donors (Lipinski definition) is 0. The number of likely N-dealkylation sites (N-methyl/N-ethyl adjacent to an activating group) is 1. The Labute approximate surface area is 163 Å². The molecule has 0 atom stereocenters. The van der Waals surface area contributed by atoms with Gasteiger partial charge in [-0.25, -0.2) is 9.50 Å².